The van der Waals surface area contributed by atoms with Gasteiger partial charge < -0.3 is 14.6 Å². The fourth-order valence-electron chi connectivity index (χ4n) is 1.89. The fourth-order valence-corrected chi connectivity index (χ4v) is 1.89. The summed E-state index contributed by atoms with van der Waals surface area (Å²) in [6, 6.07) is 6.08. The smallest absolute Gasteiger partial charge is 0.338 e. The Morgan fingerprint density at radius 1 is 1.14 bits per heavy atom. The van der Waals surface area contributed by atoms with Gasteiger partial charge in [-0.25, -0.2) is 9.59 Å². The van der Waals surface area contributed by atoms with Gasteiger partial charge in [-0.2, -0.15) is 5.11 Å². The zero-order valence-corrected chi connectivity index (χ0v) is 15.9. The van der Waals surface area contributed by atoms with E-state index in [9.17, 15) is 19.2 Å². The molecular weight excluding hydrogens is 368 g/mol. The van der Waals surface area contributed by atoms with Crippen LogP contribution in [-0.4, -0.2) is 41.6 Å². The molecule has 28 heavy (non-hydrogen) atoms. The highest BCUT2D eigenvalue weighted by Crippen LogP contribution is 2.17. The molecule has 9 nitrogen and oxygen atoms in total. The van der Waals surface area contributed by atoms with E-state index in [0.29, 0.717) is 11.3 Å². The Morgan fingerprint density at radius 2 is 1.79 bits per heavy atom. The maximum absolute atomic E-state index is 11.7. The van der Waals surface area contributed by atoms with Crippen molar-refractivity contribution in [1.29, 1.82) is 0 Å². The minimum atomic E-state index is -1.11. The Balaban J connectivity index is 2.89. The molecule has 9 heteroatoms. The van der Waals surface area contributed by atoms with E-state index >= 15 is 0 Å². The number of hydrogen-bond donors (Lipinski definition) is 1. The molecule has 0 spiro atoms. The molecule has 0 amide bonds. The summed E-state index contributed by atoms with van der Waals surface area (Å²) in [6.07, 6.45) is -0.184. The second kappa shape index (κ2) is 11.4. The molecule has 0 aromatic heterocycles. The van der Waals surface area contributed by atoms with Crippen LogP contribution in [0, 0.1) is 0 Å². The highest BCUT2D eigenvalue weighted by atomic mass is 16.6. The molecule has 1 aromatic carbocycles. The number of azo groups is 1. The summed E-state index contributed by atoms with van der Waals surface area (Å²) in [5.74, 6) is -2.72. The van der Waals surface area contributed by atoms with Crippen LogP contribution in [0.5, 0.6) is 0 Å². The minimum Gasteiger partial charge on any atom is -0.478 e. The first-order chi connectivity index (χ1) is 13.2. The maximum Gasteiger partial charge on any atom is 0.338 e. The number of carbonyl (C=O) groups is 4. The lowest BCUT2D eigenvalue weighted by atomic mass is 10.2. The van der Waals surface area contributed by atoms with Crippen molar-refractivity contribution in [2.75, 3.05) is 6.61 Å². The molecule has 0 aliphatic carbocycles. The number of benzene rings is 1. The molecule has 1 unspecified atom stereocenters. The zero-order chi connectivity index (χ0) is 21.1. The van der Waals surface area contributed by atoms with Gasteiger partial charge in [-0.15, -0.1) is 5.11 Å². The summed E-state index contributed by atoms with van der Waals surface area (Å²) in [6.45, 7) is 4.60. The Morgan fingerprint density at radius 3 is 2.32 bits per heavy atom. The fraction of sp³-hybridized carbons (Fsp3) is 0.368. The predicted octanol–water partition coefficient (Wildman–Crippen LogP) is 3.22. The molecule has 1 N–H and O–H groups in total. The highest BCUT2D eigenvalue weighted by molar-refractivity contribution is 5.94. The number of aliphatic carboxylic acids is 1. The van der Waals surface area contributed by atoms with Crippen molar-refractivity contribution < 1.29 is 33.8 Å². The van der Waals surface area contributed by atoms with Crippen molar-refractivity contribution in [3.63, 3.8) is 0 Å². The van der Waals surface area contributed by atoms with Gasteiger partial charge in [0.2, 0.25) is 6.23 Å². The van der Waals surface area contributed by atoms with Crippen LogP contribution in [0.1, 0.15) is 44.0 Å². The molecule has 1 aromatic rings. The van der Waals surface area contributed by atoms with Crippen molar-refractivity contribution in [2.45, 2.75) is 39.8 Å². The number of esters is 2. The van der Waals surface area contributed by atoms with Crippen LogP contribution in [0.25, 0.3) is 0 Å². The number of nitrogens with zero attached hydrogens (tertiary/aromatic N) is 2. The van der Waals surface area contributed by atoms with Gasteiger partial charge in [0.1, 0.15) is 12.2 Å². The molecule has 0 radical (unpaired) electrons. The van der Waals surface area contributed by atoms with Gasteiger partial charge in [0.15, 0.2) is 0 Å². The number of Topliss-reactive ketones (excluding diaryl/α,β-unsaturated/α-hetero) is 1. The average Bonchev–Trinajstić information content (AvgIpc) is 2.63. The molecule has 0 fully saturated rings. The van der Waals surface area contributed by atoms with Crippen LogP contribution in [0.4, 0.5) is 5.69 Å². The van der Waals surface area contributed by atoms with Crippen LogP contribution in [0.3, 0.4) is 0 Å². The van der Waals surface area contributed by atoms with E-state index in [-0.39, 0.29) is 24.4 Å². The number of carbonyl (C=O) groups excluding carboxylic acids is 3. The summed E-state index contributed by atoms with van der Waals surface area (Å²) in [4.78, 5) is 45.2. The molecule has 0 bridgehead atoms. The van der Waals surface area contributed by atoms with Gasteiger partial charge in [0.25, 0.3) is 0 Å². The third-order valence-electron chi connectivity index (χ3n) is 3.30. The topological polar surface area (TPSA) is 132 Å². The minimum absolute atomic E-state index is 0.0216. The summed E-state index contributed by atoms with van der Waals surface area (Å²) in [5, 5.41) is 16.7. The maximum atomic E-state index is 11.7. The molecule has 1 atom stereocenters. The van der Waals surface area contributed by atoms with Crippen molar-refractivity contribution in [2.24, 2.45) is 10.2 Å². The number of carboxylic acid groups (broad SMARTS) is 1. The number of rotatable bonds is 10. The van der Waals surface area contributed by atoms with E-state index in [2.05, 4.69) is 10.2 Å². The number of ether oxygens (including phenoxy) is 2. The first kappa shape index (κ1) is 22.7. The Hall–Kier alpha value is -3.36. The first-order valence-electron chi connectivity index (χ1n) is 8.50. The van der Waals surface area contributed by atoms with Gasteiger partial charge in [0.05, 0.1) is 17.9 Å². The lowest BCUT2D eigenvalue weighted by Crippen LogP contribution is -2.17. The Bertz CT molecular complexity index is 782. The van der Waals surface area contributed by atoms with Gasteiger partial charge in [-0.05, 0) is 45.0 Å². The first-order valence-corrected chi connectivity index (χ1v) is 8.50. The average molecular weight is 390 g/mol. The van der Waals surface area contributed by atoms with E-state index < -0.39 is 30.6 Å². The largest absolute Gasteiger partial charge is 0.478 e. The van der Waals surface area contributed by atoms with Crippen molar-refractivity contribution in [3.8, 4) is 0 Å². The molecular formula is C19H22N2O7. The van der Waals surface area contributed by atoms with E-state index in [0.717, 1.165) is 0 Å². The monoisotopic (exact) mass is 390 g/mol. The number of ketones is 1. The quantitative estimate of drug-likeness (QED) is 0.281. The summed E-state index contributed by atoms with van der Waals surface area (Å²) in [7, 11) is 0. The second-order valence-electron chi connectivity index (χ2n) is 5.73. The molecule has 1 rings (SSSR count). The van der Waals surface area contributed by atoms with E-state index in [1.54, 1.807) is 6.92 Å². The van der Waals surface area contributed by atoms with Crippen LogP contribution in [0.15, 0.2) is 46.1 Å². The third kappa shape index (κ3) is 8.35. The van der Waals surface area contributed by atoms with Crippen molar-refractivity contribution in [3.05, 3.63) is 41.5 Å². The van der Waals surface area contributed by atoms with Crippen LogP contribution in [-0.2, 0) is 23.9 Å². The van der Waals surface area contributed by atoms with Crippen molar-refractivity contribution >= 4 is 29.4 Å². The highest BCUT2D eigenvalue weighted by Gasteiger charge is 2.15. The van der Waals surface area contributed by atoms with Crippen molar-refractivity contribution in [1.82, 2.24) is 0 Å². The summed E-state index contributed by atoms with van der Waals surface area (Å²) < 4.78 is 9.96. The number of carboxylic acids is 1. The Kier molecular flexibility index (Phi) is 9.21. The van der Waals surface area contributed by atoms with E-state index in [1.807, 2.05) is 0 Å². The third-order valence-corrected chi connectivity index (χ3v) is 3.30. The molecule has 0 saturated heterocycles. The van der Waals surface area contributed by atoms with Gasteiger partial charge in [0, 0.05) is 12.0 Å². The number of hydrogen-bond acceptors (Lipinski definition) is 8. The molecule has 0 aliphatic rings. The van der Waals surface area contributed by atoms with Crippen LogP contribution in [0.2, 0.25) is 0 Å². The second-order valence-corrected chi connectivity index (χ2v) is 5.73. The standard InChI is InChI=1S/C19H22N2O7/c1-4-27-19(26)14-6-8-15(9-7-14)20-21-16(10-5-12(2)18(24)25)28-17(23)11-13(3)22/h5-9,16H,4,10-11H2,1-3H3,(H,24,25). The molecule has 0 saturated carbocycles. The lowest BCUT2D eigenvalue weighted by molar-refractivity contribution is -0.150. The summed E-state index contributed by atoms with van der Waals surface area (Å²) in [5.41, 5.74) is 0.798. The summed E-state index contributed by atoms with van der Waals surface area (Å²) >= 11 is 0. The van der Waals surface area contributed by atoms with Crippen LogP contribution >= 0.6 is 0 Å². The normalized spacial score (nSPS) is 12.5. The lowest BCUT2D eigenvalue weighted by Gasteiger charge is -2.11. The van der Waals surface area contributed by atoms with Gasteiger partial charge in [-0.3, -0.25) is 9.59 Å². The molecule has 0 heterocycles. The SMILES string of the molecule is CCOC(=O)c1ccc(N=NC(CC=C(C)C(=O)O)OC(=O)CC(C)=O)cc1. The molecule has 150 valence electrons. The van der Waals surface area contributed by atoms with Crippen LogP contribution < -0.4 is 0 Å². The van der Waals surface area contributed by atoms with Gasteiger partial charge in [-0.1, -0.05) is 6.08 Å². The van der Waals surface area contributed by atoms with E-state index in [4.69, 9.17) is 14.6 Å². The van der Waals surface area contributed by atoms with Gasteiger partial charge >= 0.3 is 17.9 Å². The Labute approximate surface area is 162 Å². The predicted molar refractivity (Wildman–Crippen MR) is 98.1 cm³/mol. The molecule has 0 aliphatic heterocycles. The zero-order valence-electron chi connectivity index (χ0n) is 15.9. The van der Waals surface area contributed by atoms with E-state index in [1.165, 1.54) is 44.2 Å².